The van der Waals surface area contributed by atoms with Crippen molar-refractivity contribution in [1.29, 1.82) is 0 Å². The van der Waals surface area contributed by atoms with Crippen LogP contribution in [-0.4, -0.2) is 75.5 Å². The summed E-state index contributed by atoms with van der Waals surface area (Å²) in [6, 6.07) is 34.1. The summed E-state index contributed by atoms with van der Waals surface area (Å²) >= 11 is 0. The number of anilines is 2. The highest BCUT2D eigenvalue weighted by molar-refractivity contribution is 7.86. The maximum atomic E-state index is 16.2. The van der Waals surface area contributed by atoms with Gasteiger partial charge in [-0.2, -0.15) is 33.7 Å². The number of benzene rings is 11. The first-order valence-electron chi connectivity index (χ1n) is 29.6. The van der Waals surface area contributed by atoms with Crippen molar-refractivity contribution in [1.82, 2.24) is 0 Å². The van der Waals surface area contributed by atoms with Crippen LogP contribution >= 0.6 is 0 Å². The third-order valence-corrected chi connectivity index (χ3v) is 20.4. The summed E-state index contributed by atoms with van der Waals surface area (Å²) in [4.78, 5) is 64.5. The number of para-hydroxylation sites is 2. The summed E-state index contributed by atoms with van der Waals surface area (Å²) in [6.45, 7) is 13.0. The van der Waals surface area contributed by atoms with Gasteiger partial charge in [0.1, 0.15) is 46.0 Å². The van der Waals surface area contributed by atoms with E-state index in [9.17, 15) is 51.9 Å². The number of fused-ring (bicyclic) bond motifs is 2. The predicted octanol–water partition coefficient (Wildman–Crippen LogP) is 15.2. The first-order chi connectivity index (χ1) is 45.2. The maximum absolute atomic E-state index is 16.2. The number of hydrogen-bond acceptors (Lipinski definition) is 16. The summed E-state index contributed by atoms with van der Waals surface area (Å²) in [6.07, 6.45) is 0. The molecule has 11 aromatic rings. The van der Waals surface area contributed by atoms with Gasteiger partial charge < -0.3 is 18.9 Å². The second-order valence-electron chi connectivity index (χ2n) is 24.0. The van der Waals surface area contributed by atoms with Crippen molar-refractivity contribution in [2.75, 3.05) is 9.80 Å². The van der Waals surface area contributed by atoms with Crippen LogP contribution in [0.1, 0.15) is 123 Å². The van der Waals surface area contributed by atoms with Gasteiger partial charge in [0, 0.05) is 43.1 Å². The fourth-order valence-electron chi connectivity index (χ4n) is 12.7. The average Bonchev–Trinajstić information content (AvgIpc) is 0.672. The number of carbonyl (C=O) groups is 4. The maximum Gasteiger partial charge on any atom is 0.294 e. The second-order valence-corrected chi connectivity index (χ2v) is 29.7. The van der Waals surface area contributed by atoms with Gasteiger partial charge in [0.2, 0.25) is 0 Å². The van der Waals surface area contributed by atoms with E-state index in [4.69, 9.17) is 18.9 Å². The van der Waals surface area contributed by atoms with E-state index in [0.29, 0.717) is 22.3 Å². The second kappa shape index (κ2) is 23.1. The van der Waals surface area contributed by atoms with Crippen LogP contribution in [0, 0.1) is 6.92 Å². The van der Waals surface area contributed by atoms with Crippen LogP contribution < -0.4 is 28.7 Å². The first-order valence-corrected chi connectivity index (χ1v) is 35.3. The van der Waals surface area contributed by atoms with Crippen molar-refractivity contribution in [2.24, 2.45) is 0 Å². The summed E-state index contributed by atoms with van der Waals surface area (Å²) in [5.74, 6) is -5.78. The smallest absolute Gasteiger partial charge is 0.294 e. The molecular formula is C70H54N2O20S4. The Bertz CT molecular complexity index is 5390. The lowest BCUT2D eigenvalue weighted by atomic mass is 9.80. The van der Waals surface area contributed by atoms with Crippen LogP contribution in [0.5, 0.6) is 46.0 Å². The van der Waals surface area contributed by atoms with Gasteiger partial charge in [-0.25, -0.2) is 9.80 Å². The zero-order valence-electron chi connectivity index (χ0n) is 51.6. The molecule has 4 N–H and O–H groups in total. The van der Waals surface area contributed by atoms with Gasteiger partial charge in [-0.1, -0.05) is 77.9 Å². The molecule has 0 aromatic heterocycles. The van der Waals surface area contributed by atoms with Gasteiger partial charge in [0.15, 0.2) is 0 Å². The Kier molecular flexibility index (Phi) is 15.5. The zero-order valence-corrected chi connectivity index (χ0v) is 54.9. The Morgan fingerprint density at radius 2 is 0.542 bits per heavy atom. The molecule has 0 unspecified atom stereocenters. The van der Waals surface area contributed by atoms with Gasteiger partial charge in [0.05, 0.1) is 53.2 Å². The van der Waals surface area contributed by atoms with E-state index >= 15 is 19.2 Å². The first kappa shape index (κ1) is 64.5. The number of aryl methyl sites for hydroxylation is 1. The molecule has 96 heavy (non-hydrogen) atoms. The Morgan fingerprint density at radius 1 is 0.312 bits per heavy atom. The normalized spacial score (nSPS) is 13.8. The molecule has 4 amide bonds. The number of ether oxygens (including phenoxy) is 4. The van der Waals surface area contributed by atoms with Crippen molar-refractivity contribution < 1.29 is 90.0 Å². The molecule has 2 heterocycles. The lowest BCUT2D eigenvalue weighted by molar-refractivity contribution is 0.0877. The lowest BCUT2D eigenvalue weighted by Gasteiger charge is -2.34. The molecule has 0 fully saturated rings. The number of hydrogen-bond donors (Lipinski definition) is 4. The monoisotopic (exact) mass is 1370 g/mol. The topological polar surface area (TPSA) is 329 Å². The van der Waals surface area contributed by atoms with Crippen molar-refractivity contribution >= 4 is 119 Å². The molecule has 26 heteroatoms. The van der Waals surface area contributed by atoms with Crippen molar-refractivity contribution in [3.05, 3.63) is 202 Å². The number of imide groups is 2. The fourth-order valence-corrected chi connectivity index (χ4v) is 14.6. The van der Waals surface area contributed by atoms with Gasteiger partial charge in [-0.3, -0.25) is 37.4 Å². The summed E-state index contributed by atoms with van der Waals surface area (Å²) in [5, 5.41) is -0.466. The summed E-state index contributed by atoms with van der Waals surface area (Å²) in [5.41, 5.74) is 2.14. The van der Waals surface area contributed by atoms with Crippen LogP contribution in [0.2, 0.25) is 0 Å². The van der Waals surface area contributed by atoms with Gasteiger partial charge in [-0.15, -0.1) is 0 Å². The quantitative estimate of drug-likeness (QED) is 0.0285. The molecule has 2 aliphatic heterocycles. The molecule has 22 nitrogen and oxygen atoms in total. The van der Waals surface area contributed by atoms with E-state index in [1.54, 1.807) is 37.3 Å². The minimum absolute atomic E-state index is 0.0485. The summed E-state index contributed by atoms with van der Waals surface area (Å²) < 4.78 is 168. The van der Waals surface area contributed by atoms with Crippen LogP contribution in [0.4, 0.5) is 11.4 Å². The number of amides is 4. The minimum Gasteiger partial charge on any atom is -0.457 e. The van der Waals surface area contributed by atoms with E-state index < -0.39 is 83.7 Å². The van der Waals surface area contributed by atoms with Crippen LogP contribution in [-0.2, 0) is 40.5 Å². The standard InChI is InChI=1S/C70H54N2O20S4/c1-34(2)46-11-8-10-37(7)65(46)71-67(73)49-30-53(89-38-14-22-42(23-15-38)93(77,78)79)59-61-55(91-40-18-26-44(27-19-40)95(83,84)85)32-51-58-52(70(76)72(69(51)75)66-47(35(3)4)12-9-13-48(66)36(5)6)33-56(92-41-20-28-45(29-21-41)96(86,87)88)62(64(58)61)60-54(31-50(68(71)74)57(49)63(59)60)90-39-16-24-43(25-17-39)94(80,81)82/h8-36H,1-7H3,(H,77,78,79)(H,80,81,82)(H,83,84,85)(H,86,87,88). The Labute approximate surface area is 549 Å². The molecule has 0 aliphatic carbocycles. The van der Waals surface area contributed by atoms with Crippen LogP contribution in [0.3, 0.4) is 0 Å². The molecule has 11 aromatic carbocycles. The minimum atomic E-state index is -4.80. The third-order valence-electron chi connectivity index (χ3n) is 17.0. The number of carbonyl (C=O) groups excluding carboxylic acids is 4. The molecule has 0 saturated heterocycles. The Hall–Kier alpha value is -10.2. The molecule has 0 bridgehead atoms. The zero-order chi connectivity index (χ0) is 68.7. The van der Waals surface area contributed by atoms with Crippen molar-refractivity contribution in [3.63, 3.8) is 0 Å². The fraction of sp³-hybridized carbons (Fsp3) is 0.143. The molecule has 0 radical (unpaired) electrons. The van der Waals surface area contributed by atoms with Crippen molar-refractivity contribution in [2.45, 2.75) is 85.8 Å². The van der Waals surface area contributed by atoms with E-state index in [2.05, 4.69) is 0 Å². The number of nitrogens with zero attached hydrogens (tertiary/aromatic N) is 2. The van der Waals surface area contributed by atoms with Crippen LogP contribution in [0.25, 0.3) is 43.1 Å². The van der Waals surface area contributed by atoms with E-state index in [-0.39, 0.29) is 140 Å². The lowest BCUT2D eigenvalue weighted by Crippen LogP contribution is -2.42. The highest BCUT2D eigenvalue weighted by Gasteiger charge is 2.44. The van der Waals surface area contributed by atoms with Gasteiger partial charge in [0.25, 0.3) is 64.1 Å². The van der Waals surface area contributed by atoms with Gasteiger partial charge >= 0.3 is 0 Å². The van der Waals surface area contributed by atoms with E-state index in [0.717, 1.165) is 58.3 Å². The van der Waals surface area contributed by atoms with Crippen LogP contribution in [0.15, 0.2) is 177 Å². The van der Waals surface area contributed by atoms with E-state index in [1.807, 2.05) is 47.6 Å². The number of rotatable bonds is 17. The largest absolute Gasteiger partial charge is 0.457 e. The Balaban J connectivity index is 1.27. The van der Waals surface area contributed by atoms with E-state index in [1.165, 1.54) is 72.8 Å². The molecular weight excluding hydrogens is 1320 g/mol. The predicted molar refractivity (Wildman–Crippen MR) is 355 cm³/mol. The molecule has 0 saturated carbocycles. The molecule has 488 valence electrons. The average molecular weight is 1370 g/mol. The Morgan fingerprint density at radius 3 is 0.781 bits per heavy atom. The molecule has 2 aliphatic rings. The molecule has 13 rings (SSSR count). The highest BCUT2D eigenvalue weighted by Crippen LogP contribution is 2.59. The molecule has 0 spiro atoms. The van der Waals surface area contributed by atoms with Crippen molar-refractivity contribution in [3.8, 4) is 46.0 Å². The third kappa shape index (κ3) is 10.9. The molecule has 0 atom stereocenters. The summed E-state index contributed by atoms with van der Waals surface area (Å²) in [7, 11) is -19.2. The SMILES string of the molecule is Cc1cccc(C(C)C)c1N1C(=O)c2cc(Oc3ccc(S(=O)(=O)O)cc3)c3c4c(Oc5ccc(S(=O)(=O)O)cc5)cc5c6c(cc(Oc7ccc(S(=O)(=O)O)cc7)c(c7c(Oc8ccc(S(=O)(=O)O)cc8)cc(c2c37)C1=O)c64)C(=O)N(c1c(C(C)C)cccc1C(C)C)C5=O. The van der Waals surface area contributed by atoms with Gasteiger partial charge in [-0.05, 0) is 168 Å². The highest BCUT2D eigenvalue weighted by atomic mass is 32.2.